The number of ether oxygens (including phenoxy) is 2. The number of hydrogen-bond acceptors (Lipinski definition) is 3. The fraction of sp³-hybridized carbons (Fsp3) is 0.200. The van der Waals surface area contributed by atoms with Gasteiger partial charge in [0.2, 0.25) is 0 Å². The molecule has 2 atom stereocenters. The molecule has 1 heterocycles. The Kier molecular flexibility index (Phi) is 3.64. The summed E-state index contributed by atoms with van der Waals surface area (Å²) in [5.41, 5.74) is 7.03. The molecule has 3 heteroatoms. The summed E-state index contributed by atoms with van der Waals surface area (Å²) in [7, 11) is 0. The van der Waals surface area contributed by atoms with Gasteiger partial charge in [0.05, 0.1) is 6.61 Å². The van der Waals surface area contributed by atoms with Crippen molar-refractivity contribution in [3.8, 4) is 11.5 Å². The Hall–Kier alpha value is -2.52. The summed E-state index contributed by atoms with van der Waals surface area (Å²) in [5, 5.41) is 2.30. The monoisotopic (exact) mass is 305 g/mol. The number of hydrogen-bond donors (Lipinski definition) is 1. The molecule has 116 valence electrons. The molecule has 1 aliphatic heterocycles. The molecule has 0 radical (unpaired) electrons. The lowest BCUT2D eigenvalue weighted by Gasteiger charge is -2.33. The fourth-order valence-electron chi connectivity index (χ4n) is 3.17. The van der Waals surface area contributed by atoms with Crippen LogP contribution in [0, 0.1) is 5.92 Å². The van der Waals surface area contributed by atoms with Gasteiger partial charge in [-0.2, -0.15) is 0 Å². The molecule has 23 heavy (non-hydrogen) atoms. The minimum atomic E-state index is -0.0873. The molecule has 1 aliphatic rings. The maximum absolute atomic E-state index is 6.44. The Morgan fingerprint density at radius 2 is 1.74 bits per heavy atom. The van der Waals surface area contributed by atoms with Gasteiger partial charge in [-0.1, -0.05) is 54.6 Å². The van der Waals surface area contributed by atoms with Crippen molar-refractivity contribution in [2.45, 2.75) is 6.10 Å². The van der Waals surface area contributed by atoms with Gasteiger partial charge >= 0.3 is 0 Å². The number of benzene rings is 3. The summed E-state index contributed by atoms with van der Waals surface area (Å²) in [6, 6.07) is 22.5. The van der Waals surface area contributed by atoms with Crippen molar-refractivity contribution in [1.29, 1.82) is 0 Å². The van der Waals surface area contributed by atoms with Crippen LogP contribution >= 0.6 is 0 Å². The molecule has 0 aromatic heterocycles. The summed E-state index contributed by atoms with van der Waals surface area (Å²) < 4.78 is 12.3. The van der Waals surface area contributed by atoms with Crippen LogP contribution in [0.3, 0.4) is 0 Å². The average Bonchev–Trinajstić information content (AvgIpc) is 2.62. The van der Waals surface area contributed by atoms with Gasteiger partial charge in [0.15, 0.2) is 0 Å². The minimum Gasteiger partial charge on any atom is -0.493 e. The predicted molar refractivity (Wildman–Crippen MR) is 91.8 cm³/mol. The van der Waals surface area contributed by atoms with E-state index in [1.807, 2.05) is 42.5 Å². The van der Waals surface area contributed by atoms with Gasteiger partial charge < -0.3 is 15.2 Å². The van der Waals surface area contributed by atoms with Crippen molar-refractivity contribution in [1.82, 2.24) is 0 Å². The third-order valence-corrected chi connectivity index (χ3v) is 4.41. The highest BCUT2D eigenvalue weighted by molar-refractivity contribution is 5.88. The number of rotatable bonds is 3. The Morgan fingerprint density at radius 3 is 2.65 bits per heavy atom. The summed E-state index contributed by atoms with van der Waals surface area (Å²) in [6.45, 7) is 1.12. The van der Waals surface area contributed by atoms with Crippen LogP contribution < -0.4 is 15.2 Å². The van der Waals surface area contributed by atoms with E-state index in [0.717, 1.165) is 22.4 Å². The van der Waals surface area contributed by atoms with E-state index in [4.69, 9.17) is 15.2 Å². The molecule has 0 spiro atoms. The standard InChI is InChI=1S/C20H19NO2/c21-12-15-13-22-18-10-4-3-9-17(18)20(15)23-19-11-5-7-14-6-1-2-8-16(14)19/h1-11,15,20H,12-13,21H2. The van der Waals surface area contributed by atoms with Gasteiger partial charge in [-0.15, -0.1) is 0 Å². The predicted octanol–water partition coefficient (Wildman–Crippen LogP) is 3.93. The second kappa shape index (κ2) is 5.94. The van der Waals surface area contributed by atoms with Gasteiger partial charge in [0, 0.05) is 23.4 Å². The molecule has 4 rings (SSSR count). The first-order valence-corrected chi connectivity index (χ1v) is 7.93. The molecule has 0 bridgehead atoms. The van der Waals surface area contributed by atoms with Crippen molar-refractivity contribution in [2.24, 2.45) is 11.7 Å². The van der Waals surface area contributed by atoms with E-state index < -0.39 is 0 Å². The Morgan fingerprint density at radius 1 is 0.957 bits per heavy atom. The lowest BCUT2D eigenvalue weighted by atomic mass is 9.93. The van der Waals surface area contributed by atoms with E-state index in [9.17, 15) is 0 Å². The van der Waals surface area contributed by atoms with Crippen molar-refractivity contribution in [3.63, 3.8) is 0 Å². The van der Waals surface area contributed by atoms with Gasteiger partial charge in [0.1, 0.15) is 17.6 Å². The lowest BCUT2D eigenvalue weighted by Crippen LogP contribution is -2.34. The smallest absolute Gasteiger partial charge is 0.135 e. The van der Waals surface area contributed by atoms with Crippen molar-refractivity contribution >= 4 is 10.8 Å². The van der Waals surface area contributed by atoms with Crippen LogP contribution in [0.25, 0.3) is 10.8 Å². The highest BCUT2D eigenvalue weighted by Crippen LogP contribution is 2.39. The summed E-state index contributed by atoms with van der Waals surface area (Å²) in [5.74, 6) is 1.93. The highest BCUT2D eigenvalue weighted by Gasteiger charge is 2.32. The average molecular weight is 305 g/mol. The second-order valence-electron chi connectivity index (χ2n) is 5.86. The topological polar surface area (TPSA) is 44.5 Å². The molecule has 3 nitrogen and oxygen atoms in total. The van der Waals surface area contributed by atoms with Crippen molar-refractivity contribution < 1.29 is 9.47 Å². The van der Waals surface area contributed by atoms with Crippen molar-refractivity contribution in [2.75, 3.05) is 13.2 Å². The zero-order valence-corrected chi connectivity index (χ0v) is 12.8. The molecule has 2 N–H and O–H groups in total. The lowest BCUT2D eigenvalue weighted by molar-refractivity contribution is 0.0755. The maximum atomic E-state index is 6.44. The van der Waals surface area contributed by atoms with Gasteiger partial charge in [-0.05, 0) is 17.5 Å². The summed E-state index contributed by atoms with van der Waals surface area (Å²) >= 11 is 0. The highest BCUT2D eigenvalue weighted by atomic mass is 16.5. The molecule has 0 amide bonds. The zero-order valence-electron chi connectivity index (χ0n) is 12.8. The third-order valence-electron chi connectivity index (χ3n) is 4.41. The van der Waals surface area contributed by atoms with Crippen molar-refractivity contribution in [3.05, 3.63) is 72.3 Å². The van der Waals surface area contributed by atoms with Crippen LogP contribution in [-0.2, 0) is 0 Å². The second-order valence-corrected chi connectivity index (χ2v) is 5.86. The van der Waals surface area contributed by atoms with Crippen LogP contribution in [0.2, 0.25) is 0 Å². The number of para-hydroxylation sites is 1. The van der Waals surface area contributed by atoms with E-state index in [0.29, 0.717) is 13.2 Å². The van der Waals surface area contributed by atoms with E-state index in [2.05, 4.69) is 24.3 Å². The molecular weight excluding hydrogens is 286 g/mol. The van der Waals surface area contributed by atoms with Gasteiger partial charge in [0.25, 0.3) is 0 Å². The zero-order chi connectivity index (χ0) is 15.6. The SMILES string of the molecule is NCC1COc2ccccc2C1Oc1cccc2ccccc12. The Labute approximate surface area is 135 Å². The Balaban J connectivity index is 1.76. The van der Waals surface area contributed by atoms with Crippen LogP contribution in [0.15, 0.2) is 66.7 Å². The summed E-state index contributed by atoms with van der Waals surface area (Å²) in [6.07, 6.45) is -0.0873. The van der Waals surface area contributed by atoms with E-state index >= 15 is 0 Å². The number of nitrogens with two attached hydrogens (primary N) is 1. The molecule has 2 unspecified atom stereocenters. The quantitative estimate of drug-likeness (QED) is 0.797. The minimum absolute atomic E-state index is 0.0873. The van der Waals surface area contributed by atoms with E-state index in [1.165, 1.54) is 5.39 Å². The van der Waals surface area contributed by atoms with E-state index in [-0.39, 0.29) is 12.0 Å². The van der Waals surface area contributed by atoms with Crippen LogP contribution in [0.5, 0.6) is 11.5 Å². The largest absolute Gasteiger partial charge is 0.493 e. The normalized spacial score (nSPS) is 19.9. The molecular formula is C20H19NO2. The Bertz CT molecular complexity index is 825. The molecule has 0 aliphatic carbocycles. The number of fused-ring (bicyclic) bond motifs is 2. The van der Waals surface area contributed by atoms with Crippen LogP contribution in [0.1, 0.15) is 11.7 Å². The van der Waals surface area contributed by atoms with Crippen LogP contribution in [-0.4, -0.2) is 13.2 Å². The first-order chi connectivity index (χ1) is 11.4. The first kappa shape index (κ1) is 14.1. The third kappa shape index (κ3) is 2.53. The van der Waals surface area contributed by atoms with Gasteiger partial charge in [-0.25, -0.2) is 0 Å². The van der Waals surface area contributed by atoms with E-state index in [1.54, 1.807) is 0 Å². The summed E-state index contributed by atoms with van der Waals surface area (Å²) in [4.78, 5) is 0. The van der Waals surface area contributed by atoms with Crippen LogP contribution in [0.4, 0.5) is 0 Å². The molecule has 3 aromatic carbocycles. The van der Waals surface area contributed by atoms with Gasteiger partial charge in [-0.3, -0.25) is 0 Å². The fourth-order valence-corrected chi connectivity index (χ4v) is 3.17. The molecule has 3 aromatic rings. The molecule has 0 saturated carbocycles. The molecule has 0 saturated heterocycles. The first-order valence-electron chi connectivity index (χ1n) is 7.93. The molecule has 0 fully saturated rings. The maximum Gasteiger partial charge on any atom is 0.135 e.